The largest absolute Gasteiger partial charge is 0.297 e. The monoisotopic (exact) mass is 344 g/mol. The molecule has 1 N–H and O–H groups in total. The van der Waals surface area contributed by atoms with Crippen molar-refractivity contribution < 1.29 is 4.79 Å². The van der Waals surface area contributed by atoms with E-state index in [2.05, 4.69) is 38.9 Å². The summed E-state index contributed by atoms with van der Waals surface area (Å²) in [7, 11) is 0. The number of aromatic nitrogens is 3. The highest BCUT2D eigenvalue weighted by atomic mass is 32.1. The van der Waals surface area contributed by atoms with Crippen LogP contribution in [0.3, 0.4) is 0 Å². The molecule has 0 radical (unpaired) electrons. The molecule has 0 saturated heterocycles. The summed E-state index contributed by atoms with van der Waals surface area (Å²) in [5, 5.41) is 7.42. The Morgan fingerprint density at radius 1 is 1.22 bits per heavy atom. The van der Waals surface area contributed by atoms with Gasteiger partial charge >= 0.3 is 0 Å². The maximum atomic E-state index is 12.3. The average molecular weight is 344 g/mol. The highest BCUT2D eigenvalue weighted by molar-refractivity contribution is 7.16. The Bertz CT molecular complexity index is 836. The number of aryl methyl sites for hydroxylation is 3. The van der Waals surface area contributed by atoms with E-state index in [4.69, 9.17) is 0 Å². The lowest BCUT2D eigenvalue weighted by atomic mass is 10.1. The van der Waals surface area contributed by atoms with Gasteiger partial charge in [0.15, 0.2) is 5.13 Å². The van der Waals surface area contributed by atoms with Crippen LogP contribution in [0.1, 0.15) is 32.7 Å². The van der Waals surface area contributed by atoms with E-state index in [1.807, 2.05) is 26.0 Å². The Labute approximate surface area is 142 Å². The van der Waals surface area contributed by atoms with Crippen LogP contribution in [0.15, 0.2) is 24.3 Å². The van der Waals surface area contributed by atoms with E-state index in [-0.39, 0.29) is 5.91 Å². The Morgan fingerprint density at radius 2 is 1.96 bits per heavy atom. The molecule has 0 aliphatic carbocycles. The number of hydrogen-bond acceptors (Lipinski definition) is 6. The van der Waals surface area contributed by atoms with Crippen molar-refractivity contribution in [3.05, 3.63) is 45.3 Å². The number of carbonyl (C=O) groups excluding carboxylic acids is 1. The normalized spacial score (nSPS) is 10.7. The van der Waals surface area contributed by atoms with E-state index < -0.39 is 0 Å². The fraction of sp³-hybridized carbons (Fsp3) is 0.250. The van der Waals surface area contributed by atoms with Crippen LogP contribution in [0.25, 0.3) is 11.3 Å². The second kappa shape index (κ2) is 6.55. The zero-order valence-electron chi connectivity index (χ0n) is 13.1. The van der Waals surface area contributed by atoms with Gasteiger partial charge in [-0.1, -0.05) is 41.2 Å². The number of anilines is 1. The molecule has 0 aliphatic rings. The molecule has 7 heteroatoms. The van der Waals surface area contributed by atoms with Crippen molar-refractivity contribution in [2.75, 3.05) is 5.32 Å². The van der Waals surface area contributed by atoms with E-state index in [0.717, 1.165) is 33.4 Å². The first kappa shape index (κ1) is 15.8. The average Bonchev–Trinajstić information content (AvgIpc) is 3.14. The van der Waals surface area contributed by atoms with Crippen molar-refractivity contribution in [3.8, 4) is 11.3 Å². The second-order valence-electron chi connectivity index (χ2n) is 5.15. The molecule has 3 aromatic rings. The number of benzene rings is 1. The zero-order chi connectivity index (χ0) is 16.4. The highest BCUT2D eigenvalue weighted by Crippen LogP contribution is 2.31. The van der Waals surface area contributed by atoms with Gasteiger partial charge in [-0.05, 0) is 31.8 Å². The molecule has 1 amide bonds. The van der Waals surface area contributed by atoms with Crippen LogP contribution in [0.5, 0.6) is 0 Å². The van der Waals surface area contributed by atoms with Crippen molar-refractivity contribution in [2.45, 2.75) is 27.2 Å². The van der Waals surface area contributed by atoms with Gasteiger partial charge in [-0.25, -0.2) is 4.98 Å². The first-order chi connectivity index (χ1) is 11.1. The number of nitrogens with zero attached hydrogens (tertiary/aromatic N) is 3. The van der Waals surface area contributed by atoms with Crippen LogP contribution in [0.2, 0.25) is 0 Å². The van der Waals surface area contributed by atoms with E-state index in [9.17, 15) is 4.79 Å². The minimum atomic E-state index is -0.193. The molecule has 0 spiro atoms. The minimum absolute atomic E-state index is 0.193. The Balaban J connectivity index is 1.84. The van der Waals surface area contributed by atoms with Crippen LogP contribution in [-0.4, -0.2) is 20.5 Å². The third-order valence-electron chi connectivity index (χ3n) is 3.44. The van der Waals surface area contributed by atoms with E-state index >= 15 is 0 Å². The standard InChI is InChI=1S/C16H16N4OS2/c1-4-12-14(23-20-19-12)15(21)18-16-17-13(10(3)22-16)11-7-5-9(2)6-8-11/h5-8H,4H2,1-3H3,(H,17,18,21). The maximum absolute atomic E-state index is 12.3. The third-order valence-corrected chi connectivity index (χ3v) is 5.09. The van der Waals surface area contributed by atoms with Gasteiger partial charge in [-0.3, -0.25) is 10.1 Å². The van der Waals surface area contributed by atoms with Gasteiger partial charge in [0.05, 0.1) is 11.4 Å². The van der Waals surface area contributed by atoms with E-state index in [1.165, 1.54) is 16.9 Å². The Kier molecular flexibility index (Phi) is 4.49. The van der Waals surface area contributed by atoms with Crippen molar-refractivity contribution in [1.29, 1.82) is 0 Å². The summed E-state index contributed by atoms with van der Waals surface area (Å²) in [6.45, 7) is 6.02. The lowest BCUT2D eigenvalue weighted by Gasteiger charge is -2.00. The van der Waals surface area contributed by atoms with Gasteiger partial charge in [-0.15, -0.1) is 16.4 Å². The minimum Gasteiger partial charge on any atom is -0.297 e. The van der Waals surface area contributed by atoms with Crippen LogP contribution in [0, 0.1) is 13.8 Å². The third kappa shape index (κ3) is 3.30. The molecule has 0 aliphatic heterocycles. The topological polar surface area (TPSA) is 67.8 Å². The predicted molar refractivity (Wildman–Crippen MR) is 94.3 cm³/mol. The molecular weight excluding hydrogens is 328 g/mol. The van der Waals surface area contributed by atoms with E-state index in [0.29, 0.717) is 16.4 Å². The molecule has 23 heavy (non-hydrogen) atoms. The molecule has 0 saturated carbocycles. The van der Waals surface area contributed by atoms with Crippen LogP contribution in [0.4, 0.5) is 5.13 Å². The van der Waals surface area contributed by atoms with Crippen LogP contribution >= 0.6 is 22.9 Å². The Morgan fingerprint density at radius 3 is 2.65 bits per heavy atom. The SMILES string of the molecule is CCc1nnsc1C(=O)Nc1nc(-c2ccc(C)cc2)c(C)s1. The van der Waals surface area contributed by atoms with Gasteiger partial charge in [0.2, 0.25) is 0 Å². The summed E-state index contributed by atoms with van der Waals surface area (Å²) in [4.78, 5) is 18.5. The van der Waals surface area contributed by atoms with Crippen molar-refractivity contribution in [1.82, 2.24) is 14.6 Å². The molecule has 2 aromatic heterocycles. The summed E-state index contributed by atoms with van der Waals surface area (Å²) in [6.07, 6.45) is 0.685. The summed E-state index contributed by atoms with van der Waals surface area (Å²) in [6, 6.07) is 8.21. The van der Waals surface area contributed by atoms with Gasteiger partial charge in [0, 0.05) is 10.4 Å². The lowest BCUT2D eigenvalue weighted by Crippen LogP contribution is -2.12. The highest BCUT2D eigenvalue weighted by Gasteiger charge is 2.17. The Hall–Kier alpha value is -2.12. The molecular formula is C16H16N4OS2. The summed E-state index contributed by atoms with van der Waals surface area (Å²) in [5.74, 6) is -0.193. The van der Waals surface area contributed by atoms with Crippen molar-refractivity contribution in [3.63, 3.8) is 0 Å². The van der Waals surface area contributed by atoms with Crippen molar-refractivity contribution in [2.24, 2.45) is 0 Å². The molecule has 5 nitrogen and oxygen atoms in total. The quantitative estimate of drug-likeness (QED) is 0.774. The predicted octanol–water partition coefficient (Wildman–Crippen LogP) is 4.09. The molecule has 0 atom stereocenters. The van der Waals surface area contributed by atoms with Gasteiger partial charge < -0.3 is 0 Å². The van der Waals surface area contributed by atoms with E-state index in [1.54, 1.807) is 0 Å². The first-order valence-electron chi connectivity index (χ1n) is 7.25. The maximum Gasteiger partial charge on any atom is 0.271 e. The molecule has 1 aromatic carbocycles. The smallest absolute Gasteiger partial charge is 0.271 e. The van der Waals surface area contributed by atoms with Gasteiger partial charge in [0.1, 0.15) is 4.88 Å². The fourth-order valence-corrected chi connectivity index (χ4v) is 3.67. The van der Waals surface area contributed by atoms with Gasteiger partial charge in [0.25, 0.3) is 5.91 Å². The number of hydrogen-bond donors (Lipinski definition) is 1. The van der Waals surface area contributed by atoms with Crippen LogP contribution in [-0.2, 0) is 6.42 Å². The molecule has 0 bridgehead atoms. The second-order valence-corrected chi connectivity index (χ2v) is 7.10. The summed E-state index contributed by atoms with van der Waals surface area (Å²) >= 11 is 2.59. The number of thiazole rings is 1. The van der Waals surface area contributed by atoms with Gasteiger partial charge in [-0.2, -0.15) is 0 Å². The number of amides is 1. The number of rotatable bonds is 4. The molecule has 0 fully saturated rings. The fourth-order valence-electron chi connectivity index (χ4n) is 2.20. The zero-order valence-corrected chi connectivity index (χ0v) is 14.7. The molecule has 3 rings (SSSR count). The lowest BCUT2D eigenvalue weighted by molar-refractivity contribution is 0.102. The van der Waals surface area contributed by atoms with Crippen LogP contribution < -0.4 is 5.32 Å². The molecule has 2 heterocycles. The first-order valence-corrected chi connectivity index (χ1v) is 8.84. The summed E-state index contributed by atoms with van der Waals surface area (Å²) in [5.41, 5.74) is 3.89. The number of carbonyl (C=O) groups is 1. The summed E-state index contributed by atoms with van der Waals surface area (Å²) < 4.78 is 3.85. The molecule has 0 unspecified atom stereocenters. The van der Waals surface area contributed by atoms with Crippen molar-refractivity contribution >= 4 is 33.9 Å². The molecule has 118 valence electrons. The number of nitrogens with one attached hydrogen (secondary N) is 1.